The fraction of sp³-hybridized carbons (Fsp3) is 0.600. The second-order valence-corrected chi connectivity index (χ2v) is 11.3. The molecule has 2 saturated heterocycles. The lowest BCUT2D eigenvalue weighted by Gasteiger charge is -2.42. The predicted octanol–water partition coefficient (Wildman–Crippen LogP) is 4.10. The summed E-state index contributed by atoms with van der Waals surface area (Å²) in [5.41, 5.74) is 3.12. The third kappa shape index (κ3) is 6.34. The van der Waals surface area contributed by atoms with Crippen molar-refractivity contribution in [2.45, 2.75) is 64.3 Å². The molecule has 5 rings (SSSR count). The van der Waals surface area contributed by atoms with Gasteiger partial charge in [-0.05, 0) is 43.6 Å². The second kappa shape index (κ2) is 12.2. The van der Waals surface area contributed by atoms with E-state index in [4.69, 9.17) is 5.11 Å². The molecule has 1 aromatic heterocycles. The van der Waals surface area contributed by atoms with Crippen LogP contribution in [0.4, 0.5) is 5.69 Å². The number of likely N-dealkylation sites (tertiary alicyclic amines) is 1. The van der Waals surface area contributed by atoms with Gasteiger partial charge in [-0.25, -0.2) is 9.97 Å². The number of hydrogen-bond donors (Lipinski definition) is 1. The van der Waals surface area contributed by atoms with E-state index in [0.29, 0.717) is 31.8 Å². The van der Waals surface area contributed by atoms with Gasteiger partial charge in [0.1, 0.15) is 0 Å². The van der Waals surface area contributed by atoms with Crippen molar-refractivity contribution in [2.24, 2.45) is 11.8 Å². The smallest absolute Gasteiger partial charge is 0.310 e. The highest BCUT2D eigenvalue weighted by molar-refractivity contribution is 5.81. The van der Waals surface area contributed by atoms with Crippen molar-refractivity contribution in [3.05, 3.63) is 42.2 Å². The Labute approximate surface area is 226 Å². The number of hydrogen-bond acceptors (Lipinski definition) is 6. The monoisotopic (exact) mass is 519 g/mol. The first-order valence-electron chi connectivity index (χ1n) is 14.4. The second-order valence-electron chi connectivity index (χ2n) is 11.3. The number of nitrogens with zero attached hydrogens (tertiary/aromatic N) is 5. The van der Waals surface area contributed by atoms with Gasteiger partial charge in [0.05, 0.1) is 24.0 Å². The number of carboxylic acids is 1. The number of carbonyl (C=O) groups excluding carboxylic acids is 1. The SMILES string of the molecule is CCCC1CCC(N2CCN(c3cnc(-c4ccc(CCC(=O)N5CC(C(=O)O)C5)cc4)nc3)CC2)CC1. The molecule has 1 aromatic carbocycles. The molecule has 204 valence electrons. The summed E-state index contributed by atoms with van der Waals surface area (Å²) in [6, 6.07) is 8.82. The maximum atomic E-state index is 12.3. The van der Waals surface area contributed by atoms with E-state index in [0.717, 1.165) is 55.0 Å². The first-order chi connectivity index (χ1) is 18.5. The number of anilines is 1. The molecule has 38 heavy (non-hydrogen) atoms. The molecule has 3 heterocycles. The van der Waals surface area contributed by atoms with E-state index in [9.17, 15) is 9.59 Å². The molecule has 3 fully saturated rings. The van der Waals surface area contributed by atoms with E-state index in [2.05, 4.69) is 26.7 Å². The molecule has 2 aromatic rings. The Bertz CT molecular complexity index is 1070. The molecule has 8 heteroatoms. The molecule has 0 unspecified atom stereocenters. The van der Waals surface area contributed by atoms with E-state index >= 15 is 0 Å². The van der Waals surface area contributed by atoms with Crippen molar-refractivity contribution in [1.29, 1.82) is 0 Å². The van der Waals surface area contributed by atoms with Crippen LogP contribution in [0.25, 0.3) is 11.4 Å². The quantitative estimate of drug-likeness (QED) is 0.533. The summed E-state index contributed by atoms with van der Waals surface area (Å²) in [6.45, 7) is 7.26. The summed E-state index contributed by atoms with van der Waals surface area (Å²) >= 11 is 0. The van der Waals surface area contributed by atoms with Gasteiger partial charge in [-0.15, -0.1) is 0 Å². The van der Waals surface area contributed by atoms with Crippen molar-refractivity contribution in [2.75, 3.05) is 44.2 Å². The van der Waals surface area contributed by atoms with Gasteiger partial charge in [0.2, 0.25) is 5.91 Å². The normalized spacial score (nSPS) is 22.8. The van der Waals surface area contributed by atoms with Crippen molar-refractivity contribution in [3.8, 4) is 11.4 Å². The van der Waals surface area contributed by atoms with E-state index in [-0.39, 0.29) is 5.91 Å². The number of piperazine rings is 1. The first-order valence-corrected chi connectivity index (χ1v) is 14.4. The molecular formula is C30H41N5O3. The van der Waals surface area contributed by atoms with Crippen molar-refractivity contribution < 1.29 is 14.7 Å². The van der Waals surface area contributed by atoms with Gasteiger partial charge in [-0.1, -0.05) is 44.0 Å². The van der Waals surface area contributed by atoms with E-state index < -0.39 is 11.9 Å². The van der Waals surface area contributed by atoms with E-state index in [1.54, 1.807) is 4.90 Å². The van der Waals surface area contributed by atoms with Gasteiger partial charge in [-0.3, -0.25) is 14.5 Å². The zero-order valence-corrected chi connectivity index (χ0v) is 22.6. The zero-order valence-electron chi connectivity index (χ0n) is 22.6. The lowest BCUT2D eigenvalue weighted by atomic mass is 9.83. The summed E-state index contributed by atoms with van der Waals surface area (Å²) < 4.78 is 0. The maximum Gasteiger partial charge on any atom is 0.310 e. The highest BCUT2D eigenvalue weighted by Crippen LogP contribution is 2.31. The number of amides is 1. The minimum Gasteiger partial charge on any atom is -0.481 e. The summed E-state index contributed by atoms with van der Waals surface area (Å²) in [6.07, 6.45) is 13.2. The van der Waals surface area contributed by atoms with Crippen LogP contribution >= 0.6 is 0 Å². The summed E-state index contributed by atoms with van der Waals surface area (Å²) in [5.74, 6) is 0.454. The fourth-order valence-corrected chi connectivity index (χ4v) is 6.25. The highest BCUT2D eigenvalue weighted by atomic mass is 16.4. The Morgan fingerprint density at radius 1 is 0.947 bits per heavy atom. The lowest BCUT2D eigenvalue weighted by molar-refractivity contribution is -0.152. The van der Waals surface area contributed by atoms with Crippen LogP contribution in [0, 0.1) is 11.8 Å². The zero-order chi connectivity index (χ0) is 26.5. The average molecular weight is 520 g/mol. The average Bonchev–Trinajstić information content (AvgIpc) is 2.92. The minimum absolute atomic E-state index is 0.0192. The third-order valence-electron chi connectivity index (χ3n) is 8.77. The molecule has 0 spiro atoms. The molecule has 1 N–H and O–H groups in total. The number of aryl methyl sites for hydroxylation is 1. The maximum absolute atomic E-state index is 12.3. The Hall–Kier alpha value is -3.00. The Morgan fingerprint density at radius 2 is 1.61 bits per heavy atom. The topological polar surface area (TPSA) is 89.9 Å². The van der Waals surface area contributed by atoms with Gasteiger partial charge in [0.15, 0.2) is 5.82 Å². The molecule has 0 bridgehead atoms. The highest BCUT2D eigenvalue weighted by Gasteiger charge is 2.35. The Balaban J connectivity index is 1.07. The Morgan fingerprint density at radius 3 is 2.21 bits per heavy atom. The molecule has 8 nitrogen and oxygen atoms in total. The fourth-order valence-electron chi connectivity index (χ4n) is 6.25. The molecule has 0 atom stereocenters. The van der Waals surface area contributed by atoms with Gasteiger partial charge in [-0.2, -0.15) is 0 Å². The molecule has 2 aliphatic heterocycles. The largest absolute Gasteiger partial charge is 0.481 e. The van der Waals surface area contributed by atoms with Gasteiger partial charge >= 0.3 is 5.97 Å². The van der Waals surface area contributed by atoms with Crippen LogP contribution in [0.5, 0.6) is 0 Å². The van der Waals surface area contributed by atoms with E-state index in [1.807, 2.05) is 36.7 Å². The molecular weight excluding hydrogens is 478 g/mol. The van der Waals surface area contributed by atoms with Crippen LogP contribution in [-0.2, 0) is 16.0 Å². The Kier molecular flexibility index (Phi) is 8.57. The van der Waals surface area contributed by atoms with Crippen molar-refractivity contribution in [3.63, 3.8) is 0 Å². The number of benzene rings is 1. The van der Waals surface area contributed by atoms with Gasteiger partial charge < -0.3 is 14.9 Å². The van der Waals surface area contributed by atoms with Crippen LogP contribution in [0.3, 0.4) is 0 Å². The van der Waals surface area contributed by atoms with Crippen LogP contribution in [0.15, 0.2) is 36.7 Å². The van der Waals surface area contributed by atoms with Crippen LogP contribution in [0.2, 0.25) is 0 Å². The number of aromatic nitrogens is 2. The summed E-state index contributed by atoms with van der Waals surface area (Å²) in [4.78, 5) is 39.2. The number of aliphatic carboxylic acids is 1. The number of carbonyl (C=O) groups is 2. The lowest BCUT2D eigenvalue weighted by Crippen LogP contribution is -2.53. The molecule has 3 aliphatic rings. The summed E-state index contributed by atoms with van der Waals surface area (Å²) in [5, 5.41) is 8.96. The van der Waals surface area contributed by atoms with Crippen LogP contribution in [-0.4, -0.2) is 82.1 Å². The number of rotatable bonds is 9. The van der Waals surface area contributed by atoms with Gasteiger partial charge in [0, 0.05) is 57.3 Å². The number of carboxylic acid groups (broad SMARTS) is 1. The van der Waals surface area contributed by atoms with Crippen LogP contribution < -0.4 is 4.90 Å². The standard InChI is InChI=1S/C30H41N5O3/c1-2-3-22-6-11-26(12-7-22)33-14-16-34(17-15-33)27-18-31-29(32-19-27)24-9-4-23(5-10-24)8-13-28(36)35-20-25(21-35)30(37)38/h4-5,9-10,18-19,22,25-26H,2-3,6-8,11-17,20-21H2,1H3,(H,37,38). The van der Waals surface area contributed by atoms with E-state index in [1.165, 1.54) is 38.5 Å². The molecule has 0 radical (unpaired) electrons. The predicted molar refractivity (Wildman–Crippen MR) is 148 cm³/mol. The molecule has 1 aliphatic carbocycles. The van der Waals surface area contributed by atoms with Crippen molar-refractivity contribution >= 4 is 17.6 Å². The third-order valence-corrected chi connectivity index (χ3v) is 8.77. The van der Waals surface area contributed by atoms with Gasteiger partial charge in [0.25, 0.3) is 0 Å². The van der Waals surface area contributed by atoms with Crippen LogP contribution in [0.1, 0.15) is 57.4 Å². The molecule has 1 amide bonds. The summed E-state index contributed by atoms with van der Waals surface area (Å²) in [7, 11) is 0. The first kappa shape index (κ1) is 26.6. The van der Waals surface area contributed by atoms with Crippen molar-refractivity contribution in [1.82, 2.24) is 19.8 Å². The molecule has 1 saturated carbocycles. The minimum atomic E-state index is -0.822.